The summed E-state index contributed by atoms with van der Waals surface area (Å²) in [6, 6.07) is 0.384. The molecule has 0 bridgehead atoms. The minimum Gasteiger partial charge on any atom is -0.327 e. The normalized spacial score (nSPS) is 13.0. The number of hydrogen-bond acceptors (Lipinski definition) is 2. The minimum atomic E-state index is 0.384. The Labute approximate surface area is 68.1 Å². The third-order valence-corrected chi connectivity index (χ3v) is 2.51. The maximum Gasteiger partial charge on any atom is 0.0127 e. The van der Waals surface area contributed by atoms with Crippen molar-refractivity contribution in [1.29, 1.82) is 0 Å². The molecule has 0 spiro atoms. The third-order valence-electron chi connectivity index (χ3n) is 1.32. The zero-order valence-electron chi connectivity index (χ0n) is 6.68. The van der Waals surface area contributed by atoms with Gasteiger partial charge in [0.2, 0.25) is 0 Å². The molecule has 2 N–H and O–H groups in total. The predicted molar refractivity (Wildman–Crippen MR) is 50.4 cm³/mol. The van der Waals surface area contributed by atoms with Crippen molar-refractivity contribution in [1.82, 2.24) is 0 Å². The fourth-order valence-electron chi connectivity index (χ4n) is 0.519. The minimum absolute atomic E-state index is 0.384. The summed E-state index contributed by atoms with van der Waals surface area (Å²) in [6.45, 7) is 5.78. The first-order valence-corrected chi connectivity index (χ1v) is 4.91. The van der Waals surface area contributed by atoms with E-state index >= 15 is 0 Å². The van der Waals surface area contributed by atoms with E-state index in [2.05, 4.69) is 13.5 Å². The van der Waals surface area contributed by atoms with E-state index < -0.39 is 0 Å². The molecule has 0 radical (unpaired) electrons. The first kappa shape index (κ1) is 10.0. The lowest BCUT2D eigenvalue weighted by Crippen LogP contribution is -2.21. The first-order chi connectivity index (χ1) is 4.81. The van der Waals surface area contributed by atoms with E-state index in [1.54, 1.807) is 0 Å². The second-order valence-electron chi connectivity index (χ2n) is 2.32. The number of thioether (sulfide) groups is 1. The van der Waals surface area contributed by atoms with Crippen LogP contribution in [0.15, 0.2) is 12.7 Å². The molecule has 60 valence electrons. The summed E-state index contributed by atoms with van der Waals surface area (Å²) in [5, 5.41) is 0. The molecule has 2 heteroatoms. The number of rotatable bonds is 6. The molecule has 0 fully saturated rings. The van der Waals surface area contributed by atoms with Crippen LogP contribution in [0.1, 0.15) is 19.8 Å². The van der Waals surface area contributed by atoms with Gasteiger partial charge in [-0.25, -0.2) is 0 Å². The predicted octanol–water partition coefficient (Wildman–Crippen LogP) is 2.03. The second kappa shape index (κ2) is 7.16. The van der Waals surface area contributed by atoms with Crippen LogP contribution in [-0.2, 0) is 0 Å². The van der Waals surface area contributed by atoms with Crippen molar-refractivity contribution in [2.75, 3.05) is 11.5 Å². The molecule has 0 saturated heterocycles. The maximum atomic E-state index is 5.71. The Morgan fingerprint density at radius 2 is 2.40 bits per heavy atom. The highest BCUT2D eigenvalue weighted by molar-refractivity contribution is 7.99. The molecule has 10 heavy (non-hydrogen) atoms. The van der Waals surface area contributed by atoms with Gasteiger partial charge in [-0.05, 0) is 18.6 Å². The van der Waals surface area contributed by atoms with Crippen LogP contribution in [0, 0.1) is 0 Å². The Morgan fingerprint density at radius 3 is 2.90 bits per heavy atom. The summed E-state index contributed by atoms with van der Waals surface area (Å²) in [7, 11) is 0. The van der Waals surface area contributed by atoms with Crippen LogP contribution >= 0.6 is 11.8 Å². The molecule has 1 nitrogen and oxygen atoms in total. The van der Waals surface area contributed by atoms with Gasteiger partial charge in [0.1, 0.15) is 0 Å². The lowest BCUT2D eigenvalue weighted by Gasteiger charge is -2.06. The van der Waals surface area contributed by atoms with E-state index in [0.29, 0.717) is 6.04 Å². The van der Waals surface area contributed by atoms with Crippen molar-refractivity contribution in [2.45, 2.75) is 25.8 Å². The lowest BCUT2D eigenvalue weighted by atomic mass is 10.3. The van der Waals surface area contributed by atoms with Crippen molar-refractivity contribution in [3.05, 3.63) is 12.7 Å². The summed E-state index contributed by atoms with van der Waals surface area (Å²) >= 11 is 1.91. The Balaban J connectivity index is 2.95. The second-order valence-corrected chi connectivity index (χ2v) is 3.47. The summed E-state index contributed by atoms with van der Waals surface area (Å²) < 4.78 is 0. The molecule has 0 aromatic rings. The molecule has 0 aliphatic rings. The Bertz CT molecular complexity index is 83.3. The molecule has 0 aliphatic heterocycles. The molecule has 0 aliphatic carbocycles. The van der Waals surface area contributed by atoms with Crippen LogP contribution in [0.5, 0.6) is 0 Å². The molecule has 0 saturated carbocycles. The zero-order chi connectivity index (χ0) is 7.82. The smallest absolute Gasteiger partial charge is 0.0127 e. The molecular formula is C8H17NS. The fraction of sp³-hybridized carbons (Fsp3) is 0.750. The van der Waals surface area contributed by atoms with Gasteiger partial charge in [0.05, 0.1) is 0 Å². The molecule has 0 aromatic carbocycles. The first-order valence-electron chi connectivity index (χ1n) is 3.75. The maximum absolute atomic E-state index is 5.71. The fourth-order valence-corrected chi connectivity index (χ4v) is 1.56. The van der Waals surface area contributed by atoms with E-state index in [0.717, 1.165) is 24.3 Å². The molecule has 0 rings (SSSR count). The van der Waals surface area contributed by atoms with E-state index in [1.165, 1.54) is 0 Å². The molecular weight excluding hydrogens is 142 g/mol. The molecule has 1 atom stereocenters. The van der Waals surface area contributed by atoms with Crippen LogP contribution in [0.25, 0.3) is 0 Å². The SMILES string of the molecule is C=CCCSCC(N)CC. The van der Waals surface area contributed by atoms with Crippen molar-refractivity contribution in [2.24, 2.45) is 5.73 Å². The van der Waals surface area contributed by atoms with Crippen LogP contribution in [-0.4, -0.2) is 17.5 Å². The highest BCUT2D eigenvalue weighted by atomic mass is 32.2. The molecule has 0 amide bonds. The Kier molecular flexibility index (Phi) is 7.20. The quantitative estimate of drug-likeness (QED) is 0.474. The van der Waals surface area contributed by atoms with Crippen LogP contribution in [0.3, 0.4) is 0 Å². The standard InChI is InChI=1S/C8H17NS/c1-3-5-6-10-7-8(9)4-2/h3,8H,1,4-7,9H2,2H3. The molecule has 0 heterocycles. The zero-order valence-corrected chi connectivity index (χ0v) is 7.49. The van der Waals surface area contributed by atoms with Crippen LogP contribution < -0.4 is 5.73 Å². The molecule has 1 unspecified atom stereocenters. The van der Waals surface area contributed by atoms with Gasteiger partial charge in [0, 0.05) is 11.8 Å². The van der Waals surface area contributed by atoms with Gasteiger partial charge in [0.25, 0.3) is 0 Å². The van der Waals surface area contributed by atoms with Crippen molar-refractivity contribution < 1.29 is 0 Å². The van der Waals surface area contributed by atoms with Gasteiger partial charge in [-0.15, -0.1) is 6.58 Å². The summed E-state index contributed by atoms with van der Waals surface area (Å²) in [5.74, 6) is 2.25. The average molecular weight is 159 g/mol. The van der Waals surface area contributed by atoms with Gasteiger partial charge in [0.15, 0.2) is 0 Å². The highest BCUT2D eigenvalue weighted by Gasteiger charge is 1.96. The largest absolute Gasteiger partial charge is 0.327 e. The van der Waals surface area contributed by atoms with E-state index in [9.17, 15) is 0 Å². The number of allylic oxidation sites excluding steroid dienone is 1. The van der Waals surface area contributed by atoms with Crippen molar-refractivity contribution in [3.63, 3.8) is 0 Å². The van der Waals surface area contributed by atoms with Crippen molar-refractivity contribution >= 4 is 11.8 Å². The van der Waals surface area contributed by atoms with Gasteiger partial charge in [-0.1, -0.05) is 13.0 Å². The average Bonchev–Trinajstić information content (AvgIpc) is 1.98. The van der Waals surface area contributed by atoms with Gasteiger partial charge in [-0.3, -0.25) is 0 Å². The number of nitrogens with two attached hydrogens (primary N) is 1. The number of hydrogen-bond donors (Lipinski definition) is 1. The topological polar surface area (TPSA) is 26.0 Å². The van der Waals surface area contributed by atoms with Gasteiger partial charge >= 0.3 is 0 Å². The summed E-state index contributed by atoms with van der Waals surface area (Å²) in [6.07, 6.45) is 4.13. The van der Waals surface area contributed by atoms with Crippen LogP contribution in [0.2, 0.25) is 0 Å². The Morgan fingerprint density at radius 1 is 1.70 bits per heavy atom. The van der Waals surface area contributed by atoms with E-state index in [-0.39, 0.29) is 0 Å². The summed E-state index contributed by atoms with van der Waals surface area (Å²) in [5.41, 5.74) is 5.71. The summed E-state index contributed by atoms with van der Waals surface area (Å²) in [4.78, 5) is 0. The van der Waals surface area contributed by atoms with Gasteiger partial charge < -0.3 is 5.73 Å². The monoisotopic (exact) mass is 159 g/mol. The highest BCUT2D eigenvalue weighted by Crippen LogP contribution is 2.05. The van der Waals surface area contributed by atoms with E-state index in [1.807, 2.05) is 17.8 Å². The van der Waals surface area contributed by atoms with Gasteiger partial charge in [-0.2, -0.15) is 11.8 Å². The van der Waals surface area contributed by atoms with Crippen molar-refractivity contribution in [3.8, 4) is 0 Å². The van der Waals surface area contributed by atoms with E-state index in [4.69, 9.17) is 5.73 Å². The molecule has 0 aromatic heterocycles. The third kappa shape index (κ3) is 6.17. The Hall–Kier alpha value is 0.0500. The van der Waals surface area contributed by atoms with Crippen LogP contribution in [0.4, 0.5) is 0 Å². The lowest BCUT2D eigenvalue weighted by molar-refractivity contribution is 0.725.